The summed E-state index contributed by atoms with van der Waals surface area (Å²) in [6.07, 6.45) is 98.9. The fourth-order valence-corrected chi connectivity index (χ4v) is 9.43. The number of carbonyl (C=O) groups is 3. The minimum Gasteiger partial charge on any atom is -0.462 e. The monoisotopic (exact) mass is 1150 g/mol. The Bertz CT molecular complexity index is 1750. The molecule has 0 radical (unpaired) electrons. The van der Waals surface area contributed by atoms with E-state index in [1.165, 1.54) is 135 Å². The Morgan fingerprint density at radius 3 is 0.747 bits per heavy atom. The molecule has 0 saturated heterocycles. The Labute approximate surface area is 513 Å². The summed E-state index contributed by atoms with van der Waals surface area (Å²) in [7, 11) is 0. The van der Waals surface area contributed by atoms with E-state index in [-0.39, 0.29) is 31.1 Å². The number of esters is 3. The summed E-state index contributed by atoms with van der Waals surface area (Å²) in [4.78, 5) is 38.4. The van der Waals surface area contributed by atoms with E-state index in [1.807, 2.05) is 0 Å². The number of ether oxygens (including phenoxy) is 3. The predicted octanol–water partition coefficient (Wildman–Crippen LogP) is 24.1. The molecule has 0 aliphatic carbocycles. The van der Waals surface area contributed by atoms with Gasteiger partial charge in [0.05, 0.1) is 0 Å². The van der Waals surface area contributed by atoms with Crippen LogP contribution in [0, 0.1) is 0 Å². The van der Waals surface area contributed by atoms with Gasteiger partial charge in [0, 0.05) is 19.3 Å². The molecular weight excluding hydrogens is 1020 g/mol. The predicted molar refractivity (Wildman–Crippen MR) is 362 cm³/mol. The molecule has 0 saturated carbocycles. The van der Waals surface area contributed by atoms with Crippen LogP contribution in [0.5, 0.6) is 0 Å². The van der Waals surface area contributed by atoms with Crippen molar-refractivity contribution >= 4 is 17.9 Å². The molecule has 0 amide bonds. The van der Waals surface area contributed by atoms with Gasteiger partial charge < -0.3 is 14.2 Å². The highest BCUT2D eigenvalue weighted by molar-refractivity contribution is 5.71. The number of allylic oxidation sites excluding steroid dienone is 22. The van der Waals surface area contributed by atoms with Crippen LogP contribution in [0.2, 0.25) is 0 Å². The van der Waals surface area contributed by atoms with Gasteiger partial charge in [0.2, 0.25) is 0 Å². The molecule has 1 atom stereocenters. The average Bonchev–Trinajstić information content (AvgIpc) is 3.49. The molecule has 0 bridgehead atoms. The first-order valence-electron chi connectivity index (χ1n) is 34.7. The summed E-state index contributed by atoms with van der Waals surface area (Å²) in [5, 5.41) is 0. The van der Waals surface area contributed by atoms with E-state index >= 15 is 0 Å². The quantitative estimate of drug-likeness (QED) is 0.0261. The van der Waals surface area contributed by atoms with Gasteiger partial charge in [0.15, 0.2) is 6.10 Å². The minimum atomic E-state index is -0.800. The average molecular weight is 1150 g/mol. The van der Waals surface area contributed by atoms with Crippen LogP contribution < -0.4 is 0 Å². The number of carbonyl (C=O) groups excluding carboxylic acids is 3. The van der Waals surface area contributed by atoms with Crippen molar-refractivity contribution in [2.45, 2.75) is 322 Å². The third-order valence-corrected chi connectivity index (χ3v) is 14.6. The van der Waals surface area contributed by atoms with Crippen molar-refractivity contribution < 1.29 is 28.6 Å². The molecule has 6 heteroatoms. The first-order valence-corrected chi connectivity index (χ1v) is 34.7. The number of hydrogen-bond donors (Lipinski definition) is 0. The summed E-state index contributed by atoms with van der Waals surface area (Å²) in [6.45, 7) is 6.50. The van der Waals surface area contributed by atoms with Crippen molar-refractivity contribution in [2.24, 2.45) is 0 Å². The first kappa shape index (κ1) is 78.5. The van der Waals surface area contributed by atoms with Crippen molar-refractivity contribution in [2.75, 3.05) is 13.2 Å². The van der Waals surface area contributed by atoms with E-state index in [0.29, 0.717) is 19.3 Å². The van der Waals surface area contributed by atoms with Gasteiger partial charge in [-0.1, -0.05) is 289 Å². The van der Waals surface area contributed by atoms with Crippen LogP contribution in [-0.2, 0) is 28.6 Å². The van der Waals surface area contributed by atoms with Gasteiger partial charge in [-0.3, -0.25) is 14.4 Å². The minimum absolute atomic E-state index is 0.0937. The molecule has 0 rings (SSSR count). The van der Waals surface area contributed by atoms with E-state index < -0.39 is 6.10 Å². The largest absolute Gasteiger partial charge is 0.462 e. The highest BCUT2D eigenvalue weighted by Crippen LogP contribution is 2.15. The molecule has 0 aromatic rings. The van der Waals surface area contributed by atoms with Crippen LogP contribution in [0.15, 0.2) is 134 Å². The van der Waals surface area contributed by atoms with E-state index in [0.717, 1.165) is 141 Å². The van der Waals surface area contributed by atoms with Crippen molar-refractivity contribution in [3.8, 4) is 0 Å². The third-order valence-electron chi connectivity index (χ3n) is 14.6. The molecular formula is C77H128O6. The second-order valence-electron chi connectivity index (χ2n) is 22.7. The highest BCUT2D eigenvalue weighted by Gasteiger charge is 2.19. The number of unbranched alkanes of at least 4 members (excludes halogenated alkanes) is 29. The van der Waals surface area contributed by atoms with E-state index in [4.69, 9.17) is 14.2 Å². The topological polar surface area (TPSA) is 78.9 Å². The third kappa shape index (κ3) is 68.2. The molecule has 0 N–H and O–H groups in total. The molecule has 0 fully saturated rings. The van der Waals surface area contributed by atoms with Gasteiger partial charge in [0.1, 0.15) is 13.2 Å². The summed E-state index contributed by atoms with van der Waals surface area (Å²) < 4.78 is 17.0. The van der Waals surface area contributed by atoms with Gasteiger partial charge in [-0.05, 0) is 141 Å². The Morgan fingerprint density at radius 2 is 0.470 bits per heavy atom. The van der Waals surface area contributed by atoms with Crippen molar-refractivity contribution in [3.63, 3.8) is 0 Å². The second-order valence-corrected chi connectivity index (χ2v) is 22.7. The summed E-state index contributed by atoms with van der Waals surface area (Å²) >= 11 is 0. The smallest absolute Gasteiger partial charge is 0.306 e. The van der Waals surface area contributed by atoms with Crippen LogP contribution in [0.4, 0.5) is 0 Å². The van der Waals surface area contributed by atoms with Gasteiger partial charge in [-0.2, -0.15) is 0 Å². The molecule has 1 unspecified atom stereocenters. The van der Waals surface area contributed by atoms with Crippen molar-refractivity contribution in [3.05, 3.63) is 134 Å². The first-order chi connectivity index (χ1) is 41.0. The van der Waals surface area contributed by atoms with Crippen LogP contribution in [0.1, 0.15) is 316 Å². The SMILES string of the molecule is CC/C=C\C/C=C\C/C=C\C/C=C\C/C=C\C/C=C\C/C=C\CCCCCCCCCC(=O)OCC(COC(=O)CCCCCCC/C=C\CCCCCCCC)OC(=O)CCCCCCCC/C=C\C/C=C\C/C=C\CCCCCCC. The molecule has 0 aliphatic rings. The molecule has 6 nitrogen and oxygen atoms in total. The Kier molecular flexibility index (Phi) is 66.3. The van der Waals surface area contributed by atoms with Crippen LogP contribution in [-0.4, -0.2) is 37.2 Å². The Hall–Kier alpha value is -4.45. The molecule has 472 valence electrons. The molecule has 83 heavy (non-hydrogen) atoms. The van der Waals surface area contributed by atoms with Crippen molar-refractivity contribution in [1.29, 1.82) is 0 Å². The number of hydrogen-bond acceptors (Lipinski definition) is 6. The molecule has 0 spiro atoms. The summed E-state index contributed by atoms with van der Waals surface area (Å²) in [6, 6.07) is 0. The fraction of sp³-hybridized carbons (Fsp3) is 0.675. The fourth-order valence-electron chi connectivity index (χ4n) is 9.43. The molecule has 0 aromatic carbocycles. The zero-order valence-electron chi connectivity index (χ0n) is 54.2. The van der Waals surface area contributed by atoms with Gasteiger partial charge in [0.25, 0.3) is 0 Å². The van der Waals surface area contributed by atoms with Crippen molar-refractivity contribution in [1.82, 2.24) is 0 Å². The Balaban J connectivity index is 4.41. The maximum absolute atomic E-state index is 12.9. The maximum atomic E-state index is 12.9. The van der Waals surface area contributed by atoms with E-state index in [9.17, 15) is 14.4 Å². The molecule has 0 heterocycles. The number of rotatable bonds is 62. The van der Waals surface area contributed by atoms with Gasteiger partial charge in [-0.25, -0.2) is 0 Å². The van der Waals surface area contributed by atoms with Crippen LogP contribution >= 0.6 is 0 Å². The van der Waals surface area contributed by atoms with E-state index in [2.05, 4.69) is 154 Å². The molecule has 0 aliphatic heterocycles. The lowest BCUT2D eigenvalue weighted by Gasteiger charge is -2.18. The lowest BCUT2D eigenvalue weighted by molar-refractivity contribution is -0.167. The van der Waals surface area contributed by atoms with Gasteiger partial charge >= 0.3 is 17.9 Å². The molecule has 0 aromatic heterocycles. The lowest BCUT2D eigenvalue weighted by Crippen LogP contribution is -2.30. The van der Waals surface area contributed by atoms with Crippen LogP contribution in [0.25, 0.3) is 0 Å². The summed E-state index contributed by atoms with van der Waals surface area (Å²) in [5.41, 5.74) is 0. The van der Waals surface area contributed by atoms with Gasteiger partial charge in [-0.15, -0.1) is 0 Å². The Morgan fingerprint density at radius 1 is 0.253 bits per heavy atom. The maximum Gasteiger partial charge on any atom is 0.306 e. The zero-order valence-corrected chi connectivity index (χ0v) is 54.2. The van der Waals surface area contributed by atoms with E-state index in [1.54, 1.807) is 0 Å². The standard InChI is InChI=1S/C77H128O6/c1-4-7-10-13-16-19-22-25-28-30-32-34-35-36-37-38-39-40-41-43-44-46-49-52-55-58-61-64-67-70-76(79)82-73-74(72-81-75(78)69-66-63-60-57-54-51-48-27-24-21-18-15-12-9-6-3)83-77(80)71-68-65-62-59-56-53-50-47-45-42-33-31-29-26-23-20-17-14-11-8-5-2/h7,10,16,19,23,25-28,31-34,36-37,39-40,43-45,47-48,74H,4-6,8-9,11-15,17-18,20-22,24,29-30,35,38,41-42,46,49-73H2,1-3H3/b10-7-,19-16-,26-23-,28-25-,33-31-,34-32-,37-36-,40-39-,44-43-,47-45-,48-27-. The van der Waals surface area contributed by atoms with Crippen LogP contribution in [0.3, 0.4) is 0 Å². The lowest BCUT2D eigenvalue weighted by atomic mass is 10.1. The highest BCUT2D eigenvalue weighted by atomic mass is 16.6. The normalized spacial score (nSPS) is 13.0. The second kappa shape index (κ2) is 70.0. The summed E-state index contributed by atoms with van der Waals surface area (Å²) in [5.74, 6) is -0.919. The zero-order chi connectivity index (χ0) is 59.9.